The fourth-order valence-electron chi connectivity index (χ4n) is 5.09. The largest absolute Gasteiger partial charge is 0.381 e. The SMILES string of the molecule is CCCC(=O)N1CCN(SN(C)c2ccc3c(c2)nc(C(C)(C)C)n3CC2CCCOCC2)CC1. The van der Waals surface area contributed by atoms with E-state index in [1.165, 1.54) is 11.9 Å². The third kappa shape index (κ3) is 6.52. The summed E-state index contributed by atoms with van der Waals surface area (Å²) in [7, 11) is 2.12. The molecule has 2 aliphatic rings. The topological polar surface area (TPSA) is 53.8 Å². The summed E-state index contributed by atoms with van der Waals surface area (Å²) in [6.45, 7) is 15.0. The standard InChI is InChI=1S/C27H43N5O2S/c1-6-8-25(33)30-13-15-31(16-14-30)35-29(5)22-10-11-24-23(19-22)28-26(27(2,3)4)32(24)20-21-9-7-17-34-18-12-21/h10-11,19,21H,6-9,12-18,20H2,1-5H3. The molecule has 2 aromatic rings. The first-order valence-corrected chi connectivity index (χ1v) is 14.0. The zero-order valence-corrected chi connectivity index (χ0v) is 23.1. The van der Waals surface area contributed by atoms with E-state index in [2.05, 4.69) is 66.1 Å². The highest BCUT2D eigenvalue weighted by Crippen LogP contribution is 2.33. The Kier molecular flexibility index (Phi) is 8.66. The fraction of sp³-hybridized carbons (Fsp3) is 0.704. The van der Waals surface area contributed by atoms with Crippen LogP contribution < -0.4 is 4.31 Å². The van der Waals surface area contributed by atoms with Crippen LogP contribution in [0.2, 0.25) is 0 Å². The third-order valence-electron chi connectivity index (χ3n) is 7.07. The Morgan fingerprint density at radius 1 is 1.17 bits per heavy atom. The number of amides is 1. The van der Waals surface area contributed by atoms with Crippen LogP contribution in [0.3, 0.4) is 0 Å². The molecule has 0 aliphatic carbocycles. The highest BCUT2D eigenvalue weighted by Gasteiger charge is 2.26. The Hall–Kier alpha value is -1.77. The van der Waals surface area contributed by atoms with Gasteiger partial charge in [-0.25, -0.2) is 9.29 Å². The van der Waals surface area contributed by atoms with Crippen molar-refractivity contribution in [3.63, 3.8) is 0 Å². The van der Waals surface area contributed by atoms with Gasteiger partial charge in [0.2, 0.25) is 5.91 Å². The molecule has 1 atom stereocenters. The monoisotopic (exact) mass is 501 g/mol. The van der Waals surface area contributed by atoms with Gasteiger partial charge in [-0.1, -0.05) is 27.7 Å². The molecule has 4 rings (SSSR count). The summed E-state index contributed by atoms with van der Waals surface area (Å²) in [6, 6.07) is 6.70. The molecule has 2 aliphatic heterocycles. The minimum Gasteiger partial charge on any atom is -0.381 e. The van der Waals surface area contributed by atoms with Gasteiger partial charge in [-0.15, -0.1) is 0 Å². The molecule has 0 spiro atoms. The van der Waals surface area contributed by atoms with E-state index in [4.69, 9.17) is 9.72 Å². The van der Waals surface area contributed by atoms with Crippen molar-refractivity contribution in [1.82, 2.24) is 18.8 Å². The Bertz CT molecular complexity index is 985. The smallest absolute Gasteiger partial charge is 0.222 e. The molecule has 1 amide bonds. The molecular formula is C27H43N5O2S. The molecule has 3 heterocycles. The zero-order chi connectivity index (χ0) is 25.0. The molecular weight excluding hydrogens is 458 g/mol. The first-order valence-electron chi connectivity index (χ1n) is 13.3. The van der Waals surface area contributed by atoms with Gasteiger partial charge in [0.15, 0.2) is 0 Å². The van der Waals surface area contributed by atoms with E-state index in [0.29, 0.717) is 12.3 Å². The van der Waals surface area contributed by atoms with Crippen molar-refractivity contribution in [2.24, 2.45) is 5.92 Å². The molecule has 1 unspecified atom stereocenters. The summed E-state index contributed by atoms with van der Waals surface area (Å²) in [6.07, 6.45) is 5.07. The van der Waals surface area contributed by atoms with E-state index in [1.54, 1.807) is 12.1 Å². The van der Waals surface area contributed by atoms with E-state index < -0.39 is 0 Å². The fourth-order valence-corrected chi connectivity index (χ4v) is 5.97. The van der Waals surface area contributed by atoms with Gasteiger partial charge in [-0.2, -0.15) is 0 Å². The van der Waals surface area contributed by atoms with Crippen LogP contribution in [0.15, 0.2) is 18.2 Å². The molecule has 35 heavy (non-hydrogen) atoms. The van der Waals surface area contributed by atoms with Crippen LogP contribution >= 0.6 is 12.1 Å². The maximum Gasteiger partial charge on any atom is 0.222 e. The maximum atomic E-state index is 12.2. The van der Waals surface area contributed by atoms with Gasteiger partial charge in [-0.3, -0.25) is 4.79 Å². The molecule has 0 N–H and O–H groups in total. The van der Waals surface area contributed by atoms with E-state index >= 15 is 0 Å². The van der Waals surface area contributed by atoms with Gasteiger partial charge in [-0.05, 0) is 49.8 Å². The number of aromatic nitrogens is 2. The lowest BCUT2D eigenvalue weighted by molar-refractivity contribution is -0.132. The van der Waals surface area contributed by atoms with Gasteiger partial charge >= 0.3 is 0 Å². The number of rotatable bonds is 7. The number of anilines is 1. The Morgan fingerprint density at radius 3 is 2.66 bits per heavy atom. The Morgan fingerprint density at radius 2 is 1.94 bits per heavy atom. The average Bonchev–Trinajstić information content (AvgIpc) is 2.99. The highest BCUT2D eigenvalue weighted by atomic mass is 32.2. The van der Waals surface area contributed by atoms with Crippen LogP contribution in [-0.4, -0.2) is 71.1 Å². The first kappa shape index (κ1) is 26.3. The van der Waals surface area contributed by atoms with E-state index in [0.717, 1.165) is 82.2 Å². The number of carbonyl (C=O) groups excluding carboxylic acids is 1. The van der Waals surface area contributed by atoms with Crippen LogP contribution in [-0.2, 0) is 21.5 Å². The summed E-state index contributed by atoms with van der Waals surface area (Å²) in [5, 5.41) is 0. The van der Waals surface area contributed by atoms with Gasteiger partial charge in [0.1, 0.15) is 5.82 Å². The predicted octanol–water partition coefficient (Wildman–Crippen LogP) is 5.09. The molecule has 0 bridgehead atoms. The summed E-state index contributed by atoms with van der Waals surface area (Å²) >= 11 is 1.74. The summed E-state index contributed by atoms with van der Waals surface area (Å²) in [5.74, 6) is 2.09. The minimum atomic E-state index is -0.0179. The average molecular weight is 502 g/mol. The summed E-state index contributed by atoms with van der Waals surface area (Å²) < 4.78 is 12.8. The number of hydrogen-bond donors (Lipinski definition) is 0. The molecule has 1 aromatic carbocycles. The van der Waals surface area contributed by atoms with Gasteiger partial charge in [0, 0.05) is 77.0 Å². The van der Waals surface area contributed by atoms with Crippen molar-refractivity contribution in [2.75, 3.05) is 50.7 Å². The van der Waals surface area contributed by atoms with Crippen LogP contribution in [0.4, 0.5) is 5.69 Å². The highest BCUT2D eigenvalue weighted by molar-refractivity contribution is 7.98. The van der Waals surface area contributed by atoms with Gasteiger partial charge in [0.05, 0.1) is 16.7 Å². The molecule has 1 aromatic heterocycles. The van der Waals surface area contributed by atoms with E-state index in [9.17, 15) is 4.79 Å². The molecule has 2 fully saturated rings. The molecule has 2 saturated heterocycles. The van der Waals surface area contributed by atoms with Crippen molar-refractivity contribution in [3.05, 3.63) is 24.0 Å². The summed E-state index contributed by atoms with van der Waals surface area (Å²) in [4.78, 5) is 19.3. The van der Waals surface area contributed by atoms with Crippen LogP contribution in [0.1, 0.15) is 65.6 Å². The predicted molar refractivity (Wildman–Crippen MR) is 146 cm³/mol. The van der Waals surface area contributed by atoms with Crippen molar-refractivity contribution in [2.45, 2.75) is 71.8 Å². The second kappa shape index (κ2) is 11.5. The van der Waals surface area contributed by atoms with Gasteiger partial charge in [0.25, 0.3) is 0 Å². The Labute approximate surface area is 215 Å². The van der Waals surface area contributed by atoms with E-state index in [-0.39, 0.29) is 11.3 Å². The van der Waals surface area contributed by atoms with Crippen LogP contribution in [0.5, 0.6) is 0 Å². The van der Waals surface area contributed by atoms with Gasteiger partial charge < -0.3 is 18.5 Å². The minimum absolute atomic E-state index is 0.0179. The lowest BCUT2D eigenvalue weighted by Gasteiger charge is -2.35. The van der Waals surface area contributed by atoms with E-state index in [1.807, 2.05) is 4.90 Å². The second-order valence-corrected chi connectivity index (χ2v) is 12.2. The molecule has 8 heteroatoms. The number of nitrogens with zero attached hydrogens (tertiary/aromatic N) is 5. The number of benzene rings is 1. The molecule has 0 saturated carbocycles. The maximum absolute atomic E-state index is 12.2. The number of imidazole rings is 1. The quantitative estimate of drug-likeness (QED) is 0.493. The number of carbonyl (C=O) groups is 1. The van der Waals surface area contributed by atoms with Crippen LogP contribution in [0, 0.1) is 5.92 Å². The normalized spacial score (nSPS) is 20.3. The molecule has 7 nitrogen and oxygen atoms in total. The first-order chi connectivity index (χ1) is 16.8. The number of hydrogen-bond acceptors (Lipinski definition) is 6. The van der Waals surface area contributed by atoms with Crippen molar-refractivity contribution in [3.8, 4) is 0 Å². The molecule has 0 radical (unpaired) electrons. The number of fused-ring (bicyclic) bond motifs is 1. The number of piperazine rings is 1. The third-order valence-corrected chi connectivity index (χ3v) is 8.12. The molecule has 194 valence electrons. The lowest BCUT2D eigenvalue weighted by Crippen LogP contribution is -2.47. The second-order valence-electron chi connectivity index (χ2n) is 11.0. The van der Waals surface area contributed by atoms with Crippen molar-refractivity contribution < 1.29 is 9.53 Å². The zero-order valence-electron chi connectivity index (χ0n) is 22.3. The van der Waals surface area contributed by atoms with Crippen molar-refractivity contribution >= 4 is 34.8 Å². The summed E-state index contributed by atoms with van der Waals surface area (Å²) in [5.41, 5.74) is 3.43. The van der Waals surface area contributed by atoms with Crippen molar-refractivity contribution in [1.29, 1.82) is 0 Å². The Balaban J connectivity index is 1.47. The number of ether oxygens (including phenoxy) is 1. The van der Waals surface area contributed by atoms with Crippen LogP contribution in [0.25, 0.3) is 11.0 Å². The lowest BCUT2D eigenvalue weighted by atomic mass is 9.94.